The maximum absolute atomic E-state index is 16.6. The SMILES string of the molecule is CC(O[Si](C)(C)C(C)(C)C)[C@H](N)C(=O)N1C[C@H](O[Si](C)(C)C(C)(C)C)C[C@H]1C(=O)N[C@H](C(=O)N[C@H](C(=O)N1C[C@H](C)[C@H](O[Si](C)(C)C(C)(C)C)[C@H]1C(=O)N(C(=O)OC(C)(C)C)C(=O)OC(C)(C)C)C(C)O[Si](C)(C)C(C)(C)C)[C@@H](Cc1ccc(O[Si](C)(C)C(C)(C)C)cc1)O[Si](C)(C)C. The van der Waals surface area contributed by atoms with E-state index in [1.54, 1.807) is 55.4 Å². The number of nitrogens with one attached hydrogen (secondary N) is 2. The van der Waals surface area contributed by atoms with Crippen molar-refractivity contribution in [2.75, 3.05) is 13.1 Å². The van der Waals surface area contributed by atoms with Gasteiger partial charge < -0.3 is 62.2 Å². The van der Waals surface area contributed by atoms with Crippen LogP contribution < -0.4 is 20.8 Å². The molecule has 2 saturated heterocycles. The second-order valence-corrected chi connectivity index (χ2v) is 67.0. The predicted octanol–water partition coefficient (Wildman–Crippen LogP) is 14.9. The zero-order valence-corrected chi connectivity index (χ0v) is 74.5. The molecule has 0 radical (unpaired) electrons. The van der Waals surface area contributed by atoms with Crippen LogP contribution in [0.4, 0.5) is 9.59 Å². The Labute approximate surface area is 604 Å². The zero-order chi connectivity index (χ0) is 77.5. The fourth-order valence-corrected chi connectivity index (χ4v) is 18.2. The smallest absolute Gasteiger partial charge is 0.426 e. The highest BCUT2D eigenvalue weighted by molar-refractivity contribution is 6.76. The lowest BCUT2D eigenvalue weighted by Gasteiger charge is -2.43. The highest BCUT2D eigenvalue weighted by Gasteiger charge is 2.57. The lowest BCUT2D eigenvalue weighted by Crippen LogP contribution is -2.66. The zero-order valence-electron chi connectivity index (χ0n) is 68.5. The maximum Gasteiger partial charge on any atom is 0.426 e. The molecule has 0 bridgehead atoms. The third-order valence-corrected chi connectivity index (χ3v) is 44.9. The molecule has 2 unspecified atom stereocenters. The number of amides is 7. The summed E-state index contributed by atoms with van der Waals surface area (Å²) in [6, 6.07) is 0.364. The van der Waals surface area contributed by atoms with Gasteiger partial charge in [-0.3, -0.25) is 24.0 Å². The van der Waals surface area contributed by atoms with E-state index in [-0.39, 0.29) is 41.0 Å². The first-order valence-electron chi connectivity index (χ1n) is 35.8. The molecule has 4 N–H and O–H groups in total. The molecule has 27 heteroatoms. The molecule has 0 aromatic heterocycles. The average molecular weight is 1500 g/mol. The molecule has 1 aromatic carbocycles. The van der Waals surface area contributed by atoms with Crippen LogP contribution >= 0.6 is 0 Å². The van der Waals surface area contributed by atoms with E-state index < -0.39 is 180 Å². The standard InChI is InChI=1S/C72H138N6O15Si6/c1-46-44-77(57(58(46)93-99(36,37)72(22,23)24)63(83)78(64(84)86-66(4,5)6)65(85)87-67(7,8)9)62(82)55(48(3)89-96(30,31)69(13,14)15)74-60(80)56(53(92-94(25,26)27)42-49-38-40-50(41-39-49)90-97(32,33)70(16,17)18)75-59(79)52-43-51(91-98(34,35)71(19,20)21)45-76(52)61(81)54(73)47(2)88-95(28,29)68(10,11)12/h38-41,46-48,51-58H,42-45,73H2,1-37H3,(H,74,80)(H,75,79)/t46-,47?,48?,51+,52-,53+,54-,55-,56-,57-,58-/m0/s1. The monoisotopic (exact) mass is 1490 g/mol. The summed E-state index contributed by atoms with van der Waals surface area (Å²) in [6.45, 7) is 73.0. The molecule has 2 aliphatic rings. The van der Waals surface area contributed by atoms with Crippen molar-refractivity contribution in [2.45, 2.75) is 361 Å². The van der Waals surface area contributed by atoms with Gasteiger partial charge in [-0.05, 0) is 190 Å². The Hall–Kier alpha value is -3.63. The molecule has 7 amide bonds. The number of ether oxygens (including phenoxy) is 2. The maximum atomic E-state index is 16.6. The third kappa shape index (κ3) is 23.9. The van der Waals surface area contributed by atoms with Crippen LogP contribution in [0.2, 0.25) is 110 Å². The van der Waals surface area contributed by atoms with E-state index in [0.717, 1.165) is 5.56 Å². The van der Waals surface area contributed by atoms with Crippen LogP contribution in [0.5, 0.6) is 5.75 Å². The van der Waals surface area contributed by atoms with Crippen molar-refractivity contribution in [1.82, 2.24) is 25.3 Å². The number of imide groups is 3. The quantitative estimate of drug-likeness (QED) is 0.0813. The number of hydrogen-bond donors (Lipinski definition) is 3. The van der Waals surface area contributed by atoms with Gasteiger partial charge >= 0.3 is 12.2 Å². The summed E-state index contributed by atoms with van der Waals surface area (Å²) in [5, 5.41) is 4.90. The molecule has 2 heterocycles. The molecule has 0 spiro atoms. The summed E-state index contributed by atoms with van der Waals surface area (Å²) in [5.41, 5.74) is 5.33. The van der Waals surface area contributed by atoms with Crippen molar-refractivity contribution in [3.05, 3.63) is 29.8 Å². The predicted molar refractivity (Wildman–Crippen MR) is 412 cm³/mol. The van der Waals surface area contributed by atoms with Crippen LogP contribution in [0.3, 0.4) is 0 Å². The minimum atomic E-state index is -2.88. The Bertz CT molecular complexity index is 2950. The summed E-state index contributed by atoms with van der Waals surface area (Å²) in [7, 11) is -15.8. The molecular weight excluding hydrogens is 1360 g/mol. The van der Waals surface area contributed by atoms with Crippen LogP contribution in [0.1, 0.15) is 178 Å². The number of carbonyl (C=O) groups is 7. The molecule has 0 saturated carbocycles. The van der Waals surface area contributed by atoms with Crippen molar-refractivity contribution >= 4 is 91.6 Å². The Morgan fingerprint density at radius 3 is 1.37 bits per heavy atom. The van der Waals surface area contributed by atoms with Gasteiger partial charge in [0.2, 0.25) is 31.9 Å². The molecule has 1 aromatic rings. The number of benzene rings is 1. The average Bonchev–Trinajstić information content (AvgIpc) is 1.63. The second kappa shape index (κ2) is 31.6. The molecule has 0 aliphatic carbocycles. The molecule has 11 atom stereocenters. The van der Waals surface area contributed by atoms with Crippen molar-refractivity contribution in [3.8, 4) is 5.75 Å². The van der Waals surface area contributed by atoms with E-state index in [9.17, 15) is 9.59 Å². The first-order valence-corrected chi connectivity index (χ1v) is 53.8. The van der Waals surface area contributed by atoms with Crippen LogP contribution in [-0.2, 0) is 62.0 Å². The van der Waals surface area contributed by atoms with Gasteiger partial charge in [-0.25, -0.2) is 9.59 Å². The number of nitrogens with two attached hydrogens (primary N) is 1. The molecule has 3 rings (SSSR count). The summed E-state index contributed by atoms with van der Waals surface area (Å²) in [5.74, 6) is -3.87. The van der Waals surface area contributed by atoms with Gasteiger partial charge in [0, 0.05) is 25.4 Å². The topological polar surface area (TPSA) is 253 Å². The van der Waals surface area contributed by atoms with E-state index in [2.05, 4.69) is 112 Å². The third-order valence-electron chi connectivity index (χ3n) is 21.3. The second-order valence-electron chi connectivity index (χ2n) is 38.8. The molecule has 99 heavy (non-hydrogen) atoms. The molecule has 2 fully saturated rings. The number of hydrogen-bond acceptors (Lipinski definition) is 16. The number of rotatable bonds is 24. The lowest BCUT2D eigenvalue weighted by molar-refractivity contribution is -0.149. The fraction of sp³-hybridized carbons (Fsp3) is 0.819. The Balaban J connectivity index is 2.56. The molecule has 2 aliphatic heterocycles. The normalized spacial score (nSPS) is 21.1. The van der Waals surface area contributed by atoms with Gasteiger partial charge in [0.05, 0.1) is 30.5 Å². The van der Waals surface area contributed by atoms with Crippen molar-refractivity contribution < 1.29 is 69.6 Å². The number of carbonyl (C=O) groups excluding carboxylic acids is 7. The first kappa shape index (κ1) is 89.6. The van der Waals surface area contributed by atoms with E-state index in [4.69, 9.17) is 41.8 Å². The van der Waals surface area contributed by atoms with Crippen LogP contribution in [0.15, 0.2) is 24.3 Å². The van der Waals surface area contributed by atoms with Crippen LogP contribution in [0.25, 0.3) is 0 Å². The van der Waals surface area contributed by atoms with Gasteiger partial charge in [-0.15, -0.1) is 4.90 Å². The van der Waals surface area contributed by atoms with E-state index in [0.29, 0.717) is 10.6 Å². The summed E-state index contributed by atoms with van der Waals surface area (Å²) < 4.78 is 53.4. The van der Waals surface area contributed by atoms with Gasteiger partial charge in [0.1, 0.15) is 47.2 Å². The summed E-state index contributed by atoms with van der Waals surface area (Å²) in [4.78, 5) is 112. The number of likely N-dealkylation sites (tertiary alicyclic amines) is 2. The lowest BCUT2D eigenvalue weighted by atomic mass is 9.99. The summed E-state index contributed by atoms with van der Waals surface area (Å²) >= 11 is 0. The van der Waals surface area contributed by atoms with Crippen LogP contribution in [0, 0.1) is 5.92 Å². The molecular formula is C72H138N6O15Si6. The van der Waals surface area contributed by atoms with E-state index in [1.165, 1.54) is 9.80 Å². The highest BCUT2D eigenvalue weighted by Crippen LogP contribution is 2.45. The van der Waals surface area contributed by atoms with E-state index >= 15 is 24.0 Å². The van der Waals surface area contributed by atoms with E-state index in [1.807, 2.05) is 119 Å². The minimum absolute atomic E-state index is 0.0331. The van der Waals surface area contributed by atoms with Crippen LogP contribution in [-0.4, -0.2) is 191 Å². The molecule has 21 nitrogen and oxygen atoms in total. The van der Waals surface area contributed by atoms with Crippen molar-refractivity contribution in [2.24, 2.45) is 11.7 Å². The molecule has 570 valence electrons. The van der Waals surface area contributed by atoms with Gasteiger partial charge in [0.15, 0.2) is 41.6 Å². The highest BCUT2D eigenvalue weighted by atomic mass is 28.4. The van der Waals surface area contributed by atoms with Crippen molar-refractivity contribution in [3.63, 3.8) is 0 Å². The number of nitrogens with zero attached hydrogens (tertiary/aromatic N) is 3. The summed E-state index contributed by atoms with van der Waals surface area (Å²) in [6.07, 6.45) is -7.17. The Morgan fingerprint density at radius 1 is 0.535 bits per heavy atom. The van der Waals surface area contributed by atoms with Gasteiger partial charge in [-0.2, -0.15) is 0 Å². The minimum Gasteiger partial charge on any atom is -0.544 e. The van der Waals surface area contributed by atoms with Gasteiger partial charge in [-0.1, -0.05) is 123 Å². The van der Waals surface area contributed by atoms with Crippen molar-refractivity contribution in [1.29, 1.82) is 0 Å². The fourth-order valence-electron chi connectivity index (χ4n) is 10.4. The Morgan fingerprint density at radius 2 is 0.960 bits per heavy atom. The van der Waals surface area contributed by atoms with Gasteiger partial charge in [0.25, 0.3) is 5.91 Å². The largest absolute Gasteiger partial charge is 0.544 e. The first-order chi connectivity index (χ1) is 43.9. The Kier molecular flexibility index (Phi) is 28.6.